The van der Waals surface area contributed by atoms with E-state index in [0.717, 1.165) is 38.4 Å². The number of rotatable bonds is 4. The highest BCUT2D eigenvalue weighted by Crippen LogP contribution is 2.24. The summed E-state index contributed by atoms with van der Waals surface area (Å²) in [5.41, 5.74) is 5.37. The maximum Gasteiger partial charge on any atom is 0.191 e. The molecule has 2 aromatic rings. The standard InChI is InChI=1S/C21H30N4S/c1-15-12-16(2)19(17(3)13-15)14-23-21(22-4)24-18-7-9-25(10-8-18)20-6-5-11-26-20/h5-6,11-13,18H,7-10,14H2,1-4H3,(H2,22,23,24). The molecule has 0 radical (unpaired) electrons. The first-order valence-corrected chi connectivity index (χ1v) is 10.3. The molecule has 0 spiro atoms. The van der Waals surface area contributed by atoms with Crippen LogP contribution < -0.4 is 15.5 Å². The van der Waals surface area contributed by atoms with E-state index >= 15 is 0 Å². The topological polar surface area (TPSA) is 39.7 Å². The van der Waals surface area contributed by atoms with Crippen LogP contribution in [-0.4, -0.2) is 32.1 Å². The zero-order valence-corrected chi connectivity index (χ0v) is 17.1. The minimum absolute atomic E-state index is 0.484. The fourth-order valence-electron chi connectivity index (χ4n) is 3.74. The van der Waals surface area contributed by atoms with Crippen molar-refractivity contribution >= 4 is 22.3 Å². The van der Waals surface area contributed by atoms with Gasteiger partial charge in [0, 0.05) is 32.7 Å². The summed E-state index contributed by atoms with van der Waals surface area (Å²) < 4.78 is 0. The summed E-state index contributed by atoms with van der Waals surface area (Å²) in [6.45, 7) is 9.55. The number of nitrogens with one attached hydrogen (secondary N) is 2. The summed E-state index contributed by atoms with van der Waals surface area (Å²) in [6, 6.07) is 9.33. The quantitative estimate of drug-likeness (QED) is 0.631. The van der Waals surface area contributed by atoms with E-state index in [4.69, 9.17) is 0 Å². The number of hydrogen-bond acceptors (Lipinski definition) is 3. The number of aryl methyl sites for hydroxylation is 3. The summed E-state index contributed by atoms with van der Waals surface area (Å²) in [5.74, 6) is 0.902. The van der Waals surface area contributed by atoms with Gasteiger partial charge in [-0.05, 0) is 67.8 Å². The van der Waals surface area contributed by atoms with Gasteiger partial charge in [0.2, 0.25) is 0 Å². The monoisotopic (exact) mass is 370 g/mol. The molecule has 0 aliphatic carbocycles. The molecule has 0 unspecified atom stereocenters. The Labute approximate surface area is 161 Å². The largest absolute Gasteiger partial charge is 0.363 e. The Bertz CT molecular complexity index is 720. The number of nitrogens with zero attached hydrogens (tertiary/aromatic N) is 2. The molecule has 26 heavy (non-hydrogen) atoms. The molecule has 5 heteroatoms. The smallest absolute Gasteiger partial charge is 0.191 e. The number of benzene rings is 1. The van der Waals surface area contributed by atoms with Crippen LogP contribution in [-0.2, 0) is 6.54 Å². The average molecular weight is 371 g/mol. The van der Waals surface area contributed by atoms with Crippen LogP contribution in [0.25, 0.3) is 0 Å². The second-order valence-corrected chi connectivity index (χ2v) is 8.09. The molecule has 2 N–H and O–H groups in total. The molecular formula is C21H30N4S. The second kappa shape index (κ2) is 8.58. The predicted molar refractivity (Wildman–Crippen MR) is 114 cm³/mol. The molecule has 4 nitrogen and oxygen atoms in total. The van der Waals surface area contributed by atoms with Gasteiger partial charge in [-0.1, -0.05) is 17.7 Å². The van der Waals surface area contributed by atoms with Crippen molar-refractivity contribution in [2.75, 3.05) is 25.0 Å². The van der Waals surface area contributed by atoms with Crippen molar-refractivity contribution < 1.29 is 0 Å². The normalized spacial score (nSPS) is 16.0. The average Bonchev–Trinajstić information content (AvgIpc) is 3.15. The first kappa shape index (κ1) is 18.8. The van der Waals surface area contributed by atoms with Gasteiger partial charge in [0.15, 0.2) is 5.96 Å². The van der Waals surface area contributed by atoms with E-state index < -0.39 is 0 Å². The van der Waals surface area contributed by atoms with Crippen molar-refractivity contribution in [2.24, 2.45) is 4.99 Å². The molecule has 1 saturated heterocycles. The molecule has 0 amide bonds. The lowest BCUT2D eigenvalue weighted by atomic mass is 10.00. The molecule has 140 valence electrons. The van der Waals surface area contributed by atoms with Gasteiger partial charge in [-0.2, -0.15) is 0 Å². The Morgan fingerprint density at radius 3 is 2.46 bits per heavy atom. The van der Waals surface area contributed by atoms with Crippen molar-refractivity contribution in [3.05, 3.63) is 51.9 Å². The number of anilines is 1. The minimum Gasteiger partial charge on any atom is -0.363 e. The Hall–Kier alpha value is -2.01. The number of guanidine groups is 1. The van der Waals surface area contributed by atoms with E-state index in [1.807, 2.05) is 18.4 Å². The SMILES string of the molecule is CN=C(NCc1c(C)cc(C)cc1C)NC1CCN(c2cccs2)CC1. The van der Waals surface area contributed by atoms with E-state index in [0.29, 0.717) is 6.04 Å². The molecule has 1 fully saturated rings. The minimum atomic E-state index is 0.484. The fourth-order valence-corrected chi connectivity index (χ4v) is 4.53. The first-order valence-electron chi connectivity index (χ1n) is 9.39. The maximum atomic E-state index is 4.43. The molecular weight excluding hydrogens is 340 g/mol. The first-order chi connectivity index (χ1) is 12.6. The van der Waals surface area contributed by atoms with Crippen LogP contribution in [0.1, 0.15) is 35.1 Å². The molecule has 3 rings (SSSR count). The van der Waals surface area contributed by atoms with E-state index in [1.165, 1.54) is 27.3 Å². The van der Waals surface area contributed by atoms with Gasteiger partial charge in [-0.3, -0.25) is 4.99 Å². The van der Waals surface area contributed by atoms with Gasteiger partial charge >= 0.3 is 0 Å². The van der Waals surface area contributed by atoms with Crippen LogP contribution in [0.15, 0.2) is 34.6 Å². The number of thiophene rings is 1. The third kappa shape index (κ3) is 4.58. The Morgan fingerprint density at radius 2 is 1.88 bits per heavy atom. The van der Waals surface area contributed by atoms with Crippen molar-refractivity contribution in [1.82, 2.24) is 10.6 Å². The van der Waals surface area contributed by atoms with Gasteiger partial charge in [0.25, 0.3) is 0 Å². The molecule has 0 saturated carbocycles. The van der Waals surface area contributed by atoms with Gasteiger partial charge in [0.1, 0.15) is 0 Å². The maximum absolute atomic E-state index is 4.43. The molecule has 0 atom stereocenters. The molecule has 1 aromatic carbocycles. The van der Waals surface area contributed by atoms with E-state index in [9.17, 15) is 0 Å². The van der Waals surface area contributed by atoms with Gasteiger partial charge in [0.05, 0.1) is 5.00 Å². The van der Waals surface area contributed by atoms with Crippen LogP contribution in [0.4, 0.5) is 5.00 Å². The Kier molecular flexibility index (Phi) is 6.20. The molecule has 2 heterocycles. The highest BCUT2D eigenvalue weighted by atomic mass is 32.1. The lowest BCUT2D eigenvalue weighted by Crippen LogP contribution is -2.48. The summed E-state index contributed by atoms with van der Waals surface area (Å²) in [4.78, 5) is 6.91. The highest BCUT2D eigenvalue weighted by molar-refractivity contribution is 7.14. The summed E-state index contributed by atoms with van der Waals surface area (Å²) in [7, 11) is 1.85. The summed E-state index contributed by atoms with van der Waals surface area (Å²) in [5, 5.41) is 10.6. The van der Waals surface area contributed by atoms with E-state index in [1.54, 1.807) is 0 Å². The third-order valence-electron chi connectivity index (χ3n) is 5.15. The molecule has 1 aliphatic rings. The van der Waals surface area contributed by atoms with Crippen molar-refractivity contribution in [3.8, 4) is 0 Å². The fraction of sp³-hybridized carbons (Fsp3) is 0.476. The van der Waals surface area contributed by atoms with Crippen LogP contribution in [0.2, 0.25) is 0 Å². The zero-order valence-electron chi connectivity index (χ0n) is 16.3. The van der Waals surface area contributed by atoms with Crippen LogP contribution in [0.3, 0.4) is 0 Å². The Morgan fingerprint density at radius 1 is 1.19 bits per heavy atom. The van der Waals surface area contributed by atoms with Crippen LogP contribution in [0, 0.1) is 20.8 Å². The number of hydrogen-bond donors (Lipinski definition) is 2. The van der Waals surface area contributed by atoms with Gasteiger partial charge in [-0.25, -0.2) is 0 Å². The van der Waals surface area contributed by atoms with Crippen LogP contribution in [0.5, 0.6) is 0 Å². The molecule has 0 bridgehead atoms. The summed E-state index contributed by atoms with van der Waals surface area (Å²) in [6.07, 6.45) is 2.28. The number of aliphatic imine (C=N–C) groups is 1. The van der Waals surface area contributed by atoms with Crippen molar-refractivity contribution in [3.63, 3.8) is 0 Å². The molecule has 1 aliphatic heterocycles. The Balaban J connectivity index is 1.51. The number of piperidine rings is 1. The summed E-state index contributed by atoms with van der Waals surface area (Å²) >= 11 is 1.83. The highest BCUT2D eigenvalue weighted by Gasteiger charge is 2.20. The second-order valence-electron chi connectivity index (χ2n) is 7.16. The van der Waals surface area contributed by atoms with Crippen LogP contribution >= 0.6 is 11.3 Å². The lowest BCUT2D eigenvalue weighted by Gasteiger charge is -2.33. The predicted octanol–water partition coefficient (Wildman–Crippen LogP) is 4.01. The van der Waals surface area contributed by atoms with E-state index in [-0.39, 0.29) is 0 Å². The lowest BCUT2D eigenvalue weighted by molar-refractivity contribution is 0.462. The zero-order chi connectivity index (χ0) is 18.5. The van der Waals surface area contributed by atoms with Crippen molar-refractivity contribution in [1.29, 1.82) is 0 Å². The third-order valence-corrected chi connectivity index (χ3v) is 6.08. The van der Waals surface area contributed by atoms with Crippen molar-refractivity contribution in [2.45, 2.75) is 46.2 Å². The van der Waals surface area contributed by atoms with Gasteiger partial charge < -0.3 is 15.5 Å². The van der Waals surface area contributed by atoms with Gasteiger partial charge in [-0.15, -0.1) is 11.3 Å². The van der Waals surface area contributed by atoms with E-state index in [2.05, 4.69) is 70.9 Å². The molecule has 1 aromatic heterocycles.